The van der Waals surface area contributed by atoms with Crippen LogP contribution in [-0.2, 0) is 0 Å². The van der Waals surface area contributed by atoms with Crippen molar-refractivity contribution in [3.63, 3.8) is 0 Å². The smallest absolute Gasteiger partial charge is 0.251 e. The molecule has 0 aliphatic heterocycles. The van der Waals surface area contributed by atoms with Gasteiger partial charge in [0, 0.05) is 35.1 Å². The molecule has 0 atom stereocenters. The van der Waals surface area contributed by atoms with Crippen LogP contribution in [0.4, 0.5) is 4.39 Å². The van der Waals surface area contributed by atoms with Crippen LogP contribution in [-0.4, -0.2) is 31.7 Å². The minimum atomic E-state index is -0.547. The van der Waals surface area contributed by atoms with E-state index in [1.54, 1.807) is 55.8 Å². The number of ether oxygens (including phenoxy) is 3. The third-order valence-corrected chi connectivity index (χ3v) is 4.97. The van der Waals surface area contributed by atoms with Crippen molar-refractivity contribution in [2.75, 3.05) is 20.8 Å². The standard InChI is InChI=1S/C24H21FN2O4/c1-4-26-24(28)16-7-5-6-15-14(16)8-9-20(23(15)25)31-19-10-11-27-18-13-22(30-3)21(29-2)12-17(18)19/h5-13H,4H2,1-3H3,(H,26,28). The van der Waals surface area contributed by atoms with Crippen LogP contribution in [0, 0.1) is 5.82 Å². The number of rotatable bonds is 6. The summed E-state index contributed by atoms with van der Waals surface area (Å²) in [5.41, 5.74) is 1.03. The van der Waals surface area contributed by atoms with Gasteiger partial charge in [-0.25, -0.2) is 4.39 Å². The number of carbonyl (C=O) groups is 1. The summed E-state index contributed by atoms with van der Waals surface area (Å²) >= 11 is 0. The van der Waals surface area contributed by atoms with Crippen LogP contribution < -0.4 is 19.5 Å². The van der Waals surface area contributed by atoms with E-state index in [2.05, 4.69) is 10.3 Å². The number of amides is 1. The zero-order valence-corrected chi connectivity index (χ0v) is 17.4. The number of aromatic nitrogens is 1. The van der Waals surface area contributed by atoms with E-state index in [0.29, 0.717) is 51.0 Å². The van der Waals surface area contributed by atoms with Gasteiger partial charge in [-0.1, -0.05) is 12.1 Å². The van der Waals surface area contributed by atoms with E-state index < -0.39 is 5.82 Å². The Morgan fingerprint density at radius 1 is 0.935 bits per heavy atom. The van der Waals surface area contributed by atoms with Crippen molar-refractivity contribution in [1.82, 2.24) is 10.3 Å². The van der Waals surface area contributed by atoms with Crippen molar-refractivity contribution in [3.8, 4) is 23.0 Å². The van der Waals surface area contributed by atoms with E-state index in [-0.39, 0.29) is 11.7 Å². The minimum absolute atomic E-state index is 0.0443. The molecule has 4 rings (SSSR count). The van der Waals surface area contributed by atoms with Crippen LogP contribution in [0.15, 0.2) is 54.7 Å². The number of nitrogens with zero attached hydrogens (tertiary/aromatic N) is 1. The molecule has 7 heteroatoms. The van der Waals surface area contributed by atoms with Crippen LogP contribution in [0.25, 0.3) is 21.7 Å². The van der Waals surface area contributed by atoms with Crippen LogP contribution in [0.2, 0.25) is 0 Å². The number of carbonyl (C=O) groups excluding carboxylic acids is 1. The van der Waals surface area contributed by atoms with Gasteiger partial charge in [0.25, 0.3) is 5.91 Å². The molecular weight excluding hydrogens is 399 g/mol. The van der Waals surface area contributed by atoms with Crippen LogP contribution in [0.1, 0.15) is 17.3 Å². The molecule has 0 saturated heterocycles. The SMILES string of the molecule is CCNC(=O)c1cccc2c(F)c(Oc3ccnc4cc(OC)c(OC)cc34)ccc12. The highest BCUT2D eigenvalue weighted by Crippen LogP contribution is 2.38. The third-order valence-electron chi connectivity index (χ3n) is 4.97. The van der Waals surface area contributed by atoms with Gasteiger partial charge in [-0.15, -0.1) is 0 Å². The summed E-state index contributed by atoms with van der Waals surface area (Å²) in [6, 6.07) is 13.3. The predicted molar refractivity (Wildman–Crippen MR) is 117 cm³/mol. The molecule has 6 nitrogen and oxygen atoms in total. The minimum Gasteiger partial charge on any atom is -0.493 e. The van der Waals surface area contributed by atoms with E-state index in [9.17, 15) is 4.79 Å². The van der Waals surface area contributed by atoms with Crippen LogP contribution in [0.3, 0.4) is 0 Å². The molecule has 0 unspecified atom stereocenters. The fraction of sp³-hybridized carbons (Fsp3) is 0.167. The average Bonchev–Trinajstić information content (AvgIpc) is 2.80. The molecule has 3 aromatic carbocycles. The van der Waals surface area contributed by atoms with Crippen molar-refractivity contribution >= 4 is 27.6 Å². The number of halogens is 1. The summed E-state index contributed by atoms with van der Waals surface area (Å²) in [7, 11) is 3.08. The van der Waals surface area contributed by atoms with Crippen molar-refractivity contribution in [3.05, 3.63) is 66.1 Å². The van der Waals surface area contributed by atoms with E-state index in [1.165, 1.54) is 13.2 Å². The van der Waals surface area contributed by atoms with E-state index in [1.807, 2.05) is 6.92 Å². The van der Waals surface area contributed by atoms with Crippen molar-refractivity contribution in [2.24, 2.45) is 0 Å². The Bertz CT molecular complexity index is 1290. The molecule has 0 fully saturated rings. The molecule has 158 valence electrons. The largest absolute Gasteiger partial charge is 0.493 e. The van der Waals surface area contributed by atoms with E-state index >= 15 is 4.39 Å². The number of hydrogen-bond acceptors (Lipinski definition) is 5. The molecule has 4 aromatic rings. The number of pyridine rings is 1. The Balaban J connectivity index is 1.79. The predicted octanol–water partition coefficient (Wildman–Crippen LogP) is 5.09. The lowest BCUT2D eigenvalue weighted by Crippen LogP contribution is -2.22. The molecular formula is C24H21FN2O4. The Morgan fingerprint density at radius 3 is 2.45 bits per heavy atom. The molecule has 1 heterocycles. The lowest BCUT2D eigenvalue weighted by atomic mass is 10.0. The fourth-order valence-electron chi connectivity index (χ4n) is 3.49. The van der Waals surface area contributed by atoms with Crippen molar-refractivity contribution in [2.45, 2.75) is 6.92 Å². The molecule has 0 spiro atoms. The lowest BCUT2D eigenvalue weighted by Gasteiger charge is -2.14. The van der Waals surface area contributed by atoms with Crippen LogP contribution in [0.5, 0.6) is 23.0 Å². The first-order valence-corrected chi connectivity index (χ1v) is 9.75. The number of hydrogen-bond donors (Lipinski definition) is 1. The Labute approximate surface area is 178 Å². The maximum Gasteiger partial charge on any atom is 0.251 e. The van der Waals surface area contributed by atoms with E-state index in [4.69, 9.17) is 14.2 Å². The fourth-order valence-corrected chi connectivity index (χ4v) is 3.49. The highest BCUT2D eigenvalue weighted by molar-refractivity contribution is 6.07. The topological polar surface area (TPSA) is 69.7 Å². The van der Waals surface area contributed by atoms with Gasteiger partial charge in [0.15, 0.2) is 23.1 Å². The Kier molecular flexibility index (Phi) is 5.58. The first kappa shape index (κ1) is 20.4. The van der Waals surface area contributed by atoms with E-state index in [0.717, 1.165) is 0 Å². The average molecular weight is 420 g/mol. The second-order valence-corrected chi connectivity index (χ2v) is 6.77. The molecule has 0 radical (unpaired) electrons. The summed E-state index contributed by atoms with van der Waals surface area (Å²) < 4.78 is 32.0. The van der Waals surface area contributed by atoms with Gasteiger partial charge in [0.05, 0.1) is 19.7 Å². The van der Waals surface area contributed by atoms with Gasteiger partial charge < -0.3 is 19.5 Å². The van der Waals surface area contributed by atoms with Gasteiger partial charge in [-0.3, -0.25) is 9.78 Å². The maximum atomic E-state index is 15.3. The highest BCUT2D eigenvalue weighted by atomic mass is 19.1. The zero-order valence-electron chi connectivity index (χ0n) is 17.4. The van der Waals surface area contributed by atoms with Gasteiger partial charge in [-0.05, 0) is 42.6 Å². The normalized spacial score (nSPS) is 10.8. The maximum absolute atomic E-state index is 15.3. The second kappa shape index (κ2) is 8.47. The molecule has 31 heavy (non-hydrogen) atoms. The number of benzene rings is 3. The molecule has 1 N–H and O–H groups in total. The quantitative estimate of drug-likeness (QED) is 0.471. The molecule has 0 aliphatic carbocycles. The summed E-state index contributed by atoms with van der Waals surface area (Å²) in [5, 5.41) is 4.22. The van der Waals surface area contributed by atoms with Gasteiger partial charge in [-0.2, -0.15) is 0 Å². The molecule has 1 aromatic heterocycles. The lowest BCUT2D eigenvalue weighted by molar-refractivity contribution is 0.0957. The second-order valence-electron chi connectivity index (χ2n) is 6.77. The molecule has 0 bridgehead atoms. The summed E-state index contributed by atoms with van der Waals surface area (Å²) in [6.07, 6.45) is 1.58. The van der Waals surface area contributed by atoms with Gasteiger partial charge in [0.1, 0.15) is 5.75 Å². The van der Waals surface area contributed by atoms with Gasteiger partial charge in [0.2, 0.25) is 0 Å². The van der Waals surface area contributed by atoms with Crippen LogP contribution >= 0.6 is 0 Å². The van der Waals surface area contributed by atoms with Crippen molar-refractivity contribution < 1.29 is 23.4 Å². The molecule has 1 amide bonds. The first-order chi connectivity index (χ1) is 15.1. The Morgan fingerprint density at radius 2 is 1.71 bits per heavy atom. The molecule has 0 saturated carbocycles. The van der Waals surface area contributed by atoms with Crippen molar-refractivity contribution in [1.29, 1.82) is 0 Å². The monoisotopic (exact) mass is 420 g/mol. The first-order valence-electron chi connectivity index (χ1n) is 9.75. The third kappa shape index (κ3) is 3.70. The number of fused-ring (bicyclic) bond motifs is 2. The number of methoxy groups -OCH3 is 2. The Hall–Kier alpha value is -3.87. The highest BCUT2D eigenvalue weighted by Gasteiger charge is 2.17. The summed E-state index contributed by atoms with van der Waals surface area (Å²) in [5.74, 6) is 0.719. The molecule has 0 aliphatic rings. The van der Waals surface area contributed by atoms with Gasteiger partial charge >= 0.3 is 0 Å². The summed E-state index contributed by atoms with van der Waals surface area (Å²) in [4.78, 5) is 16.6. The zero-order chi connectivity index (χ0) is 22.0. The number of nitrogens with one attached hydrogen (secondary N) is 1. The summed E-state index contributed by atoms with van der Waals surface area (Å²) in [6.45, 7) is 2.32.